The molecule has 156 valence electrons. The van der Waals surface area contributed by atoms with Gasteiger partial charge >= 0.3 is 0 Å². The number of hydrogen-bond donors (Lipinski definition) is 2. The zero-order valence-corrected chi connectivity index (χ0v) is 18.7. The van der Waals surface area contributed by atoms with Crippen LogP contribution in [-0.2, 0) is 16.6 Å². The minimum absolute atomic E-state index is 0.0277. The van der Waals surface area contributed by atoms with Gasteiger partial charge in [0.25, 0.3) is 5.91 Å². The Bertz CT molecular complexity index is 861. The summed E-state index contributed by atoms with van der Waals surface area (Å²) < 4.78 is 0. The molecule has 0 bridgehead atoms. The lowest BCUT2D eigenvalue weighted by atomic mass is 9.86. The average Bonchev–Trinajstić information content (AvgIpc) is 2.66. The normalized spacial score (nSPS) is 12.6. The van der Waals surface area contributed by atoms with E-state index in [4.69, 9.17) is 0 Å². The number of para-hydroxylation sites is 1. The fourth-order valence-corrected chi connectivity index (χ4v) is 3.28. The summed E-state index contributed by atoms with van der Waals surface area (Å²) in [7, 11) is 0. The van der Waals surface area contributed by atoms with Gasteiger partial charge in [-0.15, -0.1) is 0 Å². The molecule has 2 amide bonds. The van der Waals surface area contributed by atoms with Gasteiger partial charge in [0.05, 0.1) is 0 Å². The number of hydrogen-bond acceptors (Lipinski definition) is 2. The largest absolute Gasteiger partial charge is 0.340 e. The molecule has 0 saturated heterocycles. The first-order valence-electron chi connectivity index (χ1n) is 10.3. The van der Waals surface area contributed by atoms with E-state index in [9.17, 15) is 9.59 Å². The second-order valence-corrected chi connectivity index (χ2v) is 8.97. The molecule has 0 aromatic heterocycles. The summed E-state index contributed by atoms with van der Waals surface area (Å²) in [5.74, 6) is -0.467. The van der Waals surface area contributed by atoms with Gasteiger partial charge in [0.2, 0.25) is 5.91 Å². The van der Waals surface area contributed by atoms with Crippen molar-refractivity contribution in [2.45, 2.75) is 66.3 Å². The molecule has 4 heteroatoms. The number of nitrogens with one attached hydrogen (secondary N) is 2. The van der Waals surface area contributed by atoms with Crippen molar-refractivity contribution in [1.29, 1.82) is 0 Å². The molecule has 0 saturated carbocycles. The molecule has 2 rings (SSSR count). The number of amides is 2. The van der Waals surface area contributed by atoms with Crippen molar-refractivity contribution in [2.24, 2.45) is 5.92 Å². The maximum atomic E-state index is 13.0. The van der Waals surface area contributed by atoms with Crippen LogP contribution in [0.4, 0.5) is 5.69 Å². The number of rotatable bonds is 6. The Balaban J connectivity index is 2.17. The van der Waals surface area contributed by atoms with Crippen molar-refractivity contribution in [3.63, 3.8) is 0 Å². The summed E-state index contributed by atoms with van der Waals surface area (Å²) in [6.45, 7) is 14.3. The standard InChI is InChI=1S/C25H34N2O2/c1-8-18-11-9-10-17(4)22(18)27-24(29)21(16(2)3)26-23(28)19-12-14-20(15-13-19)25(5,6)7/h9-16,21H,8H2,1-7H3,(H,26,28)(H,27,29)/t21-/m0/s1. The summed E-state index contributed by atoms with van der Waals surface area (Å²) in [6, 6.07) is 13.0. The molecule has 0 aliphatic heterocycles. The molecule has 0 radical (unpaired) electrons. The van der Waals surface area contributed by atoms with Gasteiger partial charge in [0.1, 0.15) is 6.04 Å². The molecule has 2 aromatic carbocycles. The van der Waals surface area contributed by atoms with Crippen molar-refractivity contribution in [3.8, 4) is 0 Å². The van der Waals surface area contributed by atoms with E-state index in [2.05, 4.69) is 38.3 Å². The summed E-state index contributed by atoms with van der Waals surface area (Å²) in [4.78, 5) is 25.8. The van der Waals surface area contributed by atoms with Crippen LogP contribution in [0.25, 0.3) is 0 Å². The maximum absolute atomic E-state index is 13.0. The van der Waals surface area contributed by atoms with Gasteiger partial charge in [0, 0.05) is 11.3 Å². The molecular formula is C25H34N2O2. The van der Waals surface area contributed by atoms with Gasteiger partial charge in [-0.25, -0.2) is 0 Å². The molecule has 0 fully saturated rings. The second kappa shape index (κ2) is 9.25. The van der Waals surface area contributed by atoms with E-state index < -0.39 is 6.04 Å². The van der Waals surface area contributed by atoms with Crippen LogP contribution in [-0.4, -0.2) is 17.9 Å². The SMILES string of the molecule is CCc1cccc(C)c1NC(=O)[C@@H](NC(=O)c1ccc(C(C)(C)C)cc1)C(C)C. The summed E-state index contributed by atoms with van der Waals surface area (Å²) in [6.07, 6.45) is 0.829. The number of anilines is 1. The van der Waals surface area contributed by atoms with Crippen LogP contribution >= 0.6 is 0 Å². The topological polar surface area (TPSA) is 58.2 Å². The van der Waals surface area contributed by atoms with Crippen molar-refractivity contribution in [1.82, 2.24) is 5.32 Å². The fourth-order valence-electron chi connectivity index (χ4n) is 3.28. The van der Waals surface area contributed by atoms with Crippen molar-refractivity contribution >= 4 is 17.5 Å². The van der Waals surface area contributed by atoms with Crippen molar-refractivity contribution < 1.29 is 9.59 Å². The predicted octanol–water partition coefficient (Wildman–Crippen LogP) is 5.25. The van der Waals surface area contributed by atoms with E-state index in [1.807, 2.05) is 63.2 Å². The Morgan fingerprint density at radius 2 is 1.62 bits per heavy atom. The predicted molar refractivity (Wildman–Crippen MR) is 120 cm³/mol. The molecule has 0 heterocycles. The molecule has 29 heavy (non-hydrogen) atoms. The third kappa shape index (κ3) is 5.69. The molecule has 4 nitrogen and oxygen atoms in total. The zero-order chi connectivity index (χ0) is 21.8. The van der Waals surface area contributed by atoms with Crippen LogP contribution in [0, 0.1) is 12.8 Å². The van der Waals surface area contributed by atoms with E-state index in [0.29, 0.717) is 5.56 Å². The minimum Gasteiger partial charge on any atom is -0.340 e. The van der Waals surface area contributed by atoms with Gasteiger partial charge in [-0.2, -0.15) is 0 Å². The van der Waals surface area contributed by atoms with Gasteiger partial charge in [-0.3, -0.25) is 9.59 Å². The van der Waals surface area contributed by atoms with Crippen molar-refractivity contribution in [3.05, 3.63) is 64.7 Å². The highest BCUT2D eigenvalue weighted by atomic mass is 16.2. The fraction of sp³-hybridized carbons (Fsp3) is 0.440. The van der Waals surface area contributed by atoms with Crippen LogP contribution in [0.2, 0.25) is 0 Å². The number of benzene rings is 2. The molecular weight excluding hydrogens is 360 g/mol. The Morgan fingerprint density at radius 1 is 1.00 bits per heavy atom. The summed E-state index contributed by atoms with van der Waals surface area (Å²) in [5, 5.41) is 5.96. The van der Waals surface area contributed by atoms with Gasteiger partial charge in [0.15, 0.2) is 0 Å². The molecule has 0 aliphatic rings. The van der Waals surface area contributed by atoms with Crippen LogP contribution in [0.3, 0.4) is 0 Å². The molecule has 0 unspecified atom stereocenters. The van der Waals surface area contributed by atoms with E-state index >= 15 is 0 Å². The van der Waals surface area contributed by atoms with Gasteiger partial charge < -0.3 is 10.6 Å². The summed E-state index contributed by atoms with van der Waals surface area (Å²) in [5.41, 5.74) is 4.70. The monoisotopic (exact) mass is 394 g/mol. The average molecular weight is 395 g/mol. The highest BCUT2D eigenvalue weighted by Crippen LogP contribution is 2.23. The molecule has 2 aromatic rings. The van der Waals surface area contributed by atoms with Crippen LogP contribution in [0.5, 0.6) is 0 Å². The van der Waals surface area contributed by atoms with E-state index in [0.717, 1.165) is 23.2 Å². The van der Waals surface area contributed by atoms with E-state index in [1.54, 1.807) is 0 Å². The van der Waals surface area contributed by atoms with Crippen molar-refractivity contribution in [2.75, 3.05) is 5.32 Å². The van der Waals surface area contributed by atoms with E-state index in [1.165, 1.54) is 5.56 Å². The zero-order valence-electron chi connectivity index (χ0n) is 18.7. The van der Waals surface area contributed by atoms with Gasteiger partial charge in [-0.1, -0.05) is 71.9 Å². The number of aryl methyl sites for hydroxylation is 2. The third-order valence-electron chi connectivity index (χ3n) is 5.24. The highest BCUT2D eigenvalue weighted by Gasteiger charge is 2.26. The quantitative estimate of drug-likeness (QED) is 0.703. The number of carbonyl (C=O) groups is 2. The van der Waals surface area contributed by atoms with Crippen LogP contribution in [0.15, 0.2) is 42.5 Å². The summed E-state index contributed by atoms with van der Waals surface area (Å²) >= 11 is 0. The second-order valence-electron chi connectivity index (χ2n) is 8.97. The third-order valence-corrected chi connectivity index (χ3v) is 5.24. The molecule has 1 atom stereocenters. The number of carbonyl (C=O) groups excluding carboxylic acids is 2. The maximum Gasteiger partial charge on any atom is 0.251 e. The Labute approximate surface area is 175 Å². The first kappa shape index (κ1) is 22.7. The van der Waals surface area contributed by atoms with Crippen LogP contribution < -0.4 is 10.6 Å². The Kier molecular flexibility index (Phi) is 7.23. The first-order chi connectivity index (χ1) is 13.5. The van der Waals surface area contributed by atoms with Gasteiger partial charge in [-0.05, 0) is 53.5 Å². The molecule has 0 aliphatic carbocycles. The van der Waals surface area contributed by atoms with Crippen LogP contribution in [0.1, 0.15) is 68.6 Å². The highest BCUT2D eigenvalue weighted by molar-refractivity contribution is 6.01. The molecule has 0 spiro atoms. The minimum atomic E-state index is -0.617. The van der Waals surface area contributed by atoms with E-state index in [-0.39, 0.29) is 23.1 Å². The molecule has 2 N–H and O–H groups in total. The lowest BCUT2D eigenvalue weighted by Crippen LogP contribution is -2.47. The lowest BCUT2D eigenvalue weighted by Gasteiger charge is -2.23. The smallest absolute Gasteiger partial charge is 0.251 e. The Morgan fingerprint density at radius 3 is 2.14 bits per heavy atom. The Hall–Kier alpha value is -2.62. The first-order valence-corrected chi connectivity index (χ1v) is 10.3. The lowest BCUT2D eigenvalue weighted by molar-refractivity contribution is -0.118.